The molecular weight excluding hydrogens is 558 g/mol. The van der Waals surface area contributed by atoms with E-state index in [0.717, 1.165) is 27.1 Å². The van der Waals surface area contributed by atoms with Gasteiger partial charge in [0.25, 0.3) is 0 Å². The molecule has 9 heteroatoms. The SMILES string of the molecule is CC(C)NC(=O)[C@H](Cc1ccccc1)N(Cc1ccc(Cl)cc1)C(=O)CN(c1cccc2ccccc12)S(C)(=O)=O. The summed E-state index contributed by atoms with van der Waals surface area (Å²) < 4.78 is 27.4. The predicted octanol–water partition coefficient (Wildman–Crippen LogP) is 5.42. The first-order chi connectivity index (χ1) is 19.5. The number of sulfonamides is 1. The van der Waals surface area contributed by atoms with Crippen molar-refractivity contribution in [1.82, 2.24) is 10.2 Å². The van der Waals surface area contributed by atoms with Gasteiger partial charge in [-0.25, -0.2) is 8.42 Å². The average Bonchev–Trinajstić information content (AvgIpc) is 2.94. The molecule has 4 aromatic rings. The predicted molar refractivity (Wildman–Crippen MR) is 165 cm³/mol. The maximum absolute atomic E-state index is 14.2. The lowest BCUT2D eigenvalue weighted by Crippen LogP contribution is -2.54. The molecular formula is C32H34ClN3O4S. The van der Waals surface area contributed by atoms with Crippen LogP contribution in [0, 0.1) is 0 Å². The molecule has 4 rings (SSSR count). The first-order valence-corrected chi connectivity index (χ1v) is 15.6. The van der Waals surface area contributed by atoms with Crippen LogP contribution in [0.3, 0.4) is 0 Å². The Hall–Kier alpha value is -3.88. The molecule has 2 amide bonds. The fraction of sp³-hybridized carbons (Fsp3) is 0.250. The van der Waals surface area contributed by atoms with Crippen molar-refractivity contribution in [1.29, 1.82) is 0 Å². The maximum Gasteiger partial charge on any atom is 0.244 e. The van der Waals surface area contributed by atoms with Crippen LogP contribution >= 0.6 is 11.6 Å². The van der Waals surface area contributed by atoms with Crippen molar-refractivity contribution in [3.05, 3.63) is 113 Å². The molecule has 0 bridgehead atoms. The second-order valence-corrected chi connectivity index (χ2v) is 12.6. The Kier molecular flexibility index (Phi) is 9.68. The Morgan fingerprint density at radius 1 is 0.829 bits per heavy atom. The Morgan fingerprint density at radius 3 is 2.12 bits per heavy atom. The Balaban J connectivity index is 1.78. The van der Waals surface area contributed by atoms with Crippen molar-refractivity contribution in [3.8, 4) is 0 Å². The average molecular weight is 592 g/mol. The summed E-state index contributed by atoms with van der Waals surface area (Å²) in [6, 6.07) is 28.2. The van der Waals surface area contributed by atoms with Gasteiger partial charge in [0.2, 0.25) is 21.8 Å². The van der Waals surface area contributed by atoms with Crippen molar-refractivity contribution >= 4 is 49.9 Å². The first kappa shape index (κ1) is 30.1. The number of halogens is 1. The summed E-state index contributed by atoms with van der Waals surface area (Å²) in [5, 5.41) is 5.05. The molecule has 0 saturated heterocycles. The van der Waals surface area contributed by atoms with E-state index < -0.39 is 28.5 Å². The maximum atomic E-state index is 14.2. The highest BCUT2D eigenvalue weighted by molar-refractivity contribution is 7.92. The van der Waals surface area contributed by atoms with Crippen molar-refractivity contribution in [3.63, 3.8) is 0 Å². The molecule has 0 unspecified atom stereocenters. The van der Waals surface area contributed by atoms with Crippen LogP contribution in [0.4, 0.5) is 5.69 Å². The number of nitrogens with zero attached hydrogens (tertiary/aromatic N) is 2. The molecule has 7 nitrogen and oxygen atoms in total. The molecule has 0 aliphatic carbocycles. The number of rotatable bonds is 11. The van der Waals surface area contributed by atoms with Crippen molar-refractivity contribution in [2.24, 2.45) is 0 Å². The van der Waals surface area contributed by atoms with E-state index in [1.165, 1.54) is 4.90 Å². The molecule has 0 aliphatic rings. The summed E-state index contributed by atoms with van der Waals surface area (Å²) in [4.78, 5) is 29.3. The minimum atomic E-state index is -3.87. The van der Waals surface area contributed by atoms with Crippen molar-refractivity contribution in [2.75, 3.05) is 17.1 Å². The largest absolute Gasteiger partial charge is 0.352 e. The topological polar surface area (TPSA) is 86.8 Å². The van der Waals surface area contributed by atoms with Crippen LogP contribution < -0.4 is 9.62 Å². The molecule has 0 radical (unpaired) electrons. The van der Waals surface area contributed by atoms with E-state index in [4.69, 9.17) is 11.6 Å². The van der Waals surface area contributed by atoms with Crippen LogP contribution in [-0.4, -0.2) is 50.0 Å². The van der Waals surface area contributed by atoms with E-state index in [1.807, 2.05) is 74.5 Å². The molecule has 0 fully saturated rings. The summed E-state index contributed by atoms with van der Waals surface area (Å²) in [5.41, 5.74) is 2.03. The van der Waals surface area contributed by atoms with Gasteiger partial charge in [-0.15, -0.1) is 0 Å². The van der Waals surface area contributed by atoms with Gasteiger partial charge < -0.3 is 10.2 Å². The molecule has 0 aliphatic heterocycles. The standard InChI is InChI=1S/C32H34ClN3O4S/c1-23(2)34-32(38)30(20-24-10-5-4-6-11-24)35(21-25-16-18-27(33)19-17-25)31(37)22-36(41(3,39)40)29-15-9-13-26-12-7-8-14-28(26)29/h4-19,23,30H,20-22H2,1-3H3,(H,34,38)/t30-/m0/s1. The molecule has 1 atom stereocenters. The Bertz CT molecular complexity index is 1600. The number of carbonyl (C=O) groups is 2. The zero-order valence-electron chi connectivity index (χ0n) is 23.3. The van der Waals surface area contributed by atoms with E-state index in [-0.39, 0.29) is 24.9 Å². The van der Waals surface area contributed by atoms with Gasteiger partial charge in [-0.2, -0.15) is 0 Å². The van der Waals surface area contributed by atoms with Gasteiger partial charge >= 0.3 is 0 Å². The van der Waals surface area contributed by atoms with Crippen LogP contribution in [0.1, 0.15) is 25.0 Å². The van der Waals surface area contributed by atoms with Crippen LogP contribution in [-0.2, 0) is 32.6 Å². The quantitative estimate of drug-likeness (QED) is 0.252. The van der Waals surface area contributed by atoms with Crippen LogP contribution in [0.5, 0.6) is 0 Å². The number of amides is 2. The lowest BCUT2D eigenvalue weighted by atomic mass is 10.0. The van der Waals surface area contributed by atoms with Gasteiger partial charge in [0.05, 0.1) is 11.9 Å². The lowest BCUT2D eigenvalue weighted by Gasteiger charge is -2.34. The fourth-order valence-electron chi connectivity index (χ4n) is 4.74. The smallest absolute Gasteiger partial charge is 0.244 e. The van der Waals surface area contributed by atoms with E-state index in [2.05, 4.69) is 5.32 Å². The molecule has 0 saturated carbocycles. The molecule has 0 aromatic heterocycles. The van der Waals surface area contributed by atoms with Crippen LogP contribution in [0.2, 0.25) is 5.02 Å². The van der Waals surface area contributed by atoms with Gasteiger partial charge in [-0.1, -0.05) is 90.5 Å². The molecule has 0 heterocycles. The highest BCUT2D eigenvalue weighted by atomic mass is 35.5. The van der Waals surface area contributed by atoms with Gasteiger partial charge in [-0.05, 0) is 48.6 Å². The van der Waals surface area contributed by atoms with Crippen LogP contribution in [0.15, 0.2) is 97.1 Å². The first-order valence-electron chi connectivity index (χ1n) is 13.4. The molecule has 0 spiro atoms. The van der Waals surface area contributed by atoms with E-state index in [9.17, 15) is 18.0 Å². The number of carbonyl (C=O) groups excluding carboxylic acids is 2. The highest BCUT2D eigenvalue weighted by Crippen LogP contribution is 2.29. The third kappa shape index (κ3) is 7.86. The number of hydrogen-bond donors (Lipinski definition) is 1. The molecule has 214 valence electrons. The van der Waals surface area contributed by atoms with Gasteiger partial charge in [0, 0.05) is 29.4 Å². The van der Waals surface area contributed by atoms with E-state index >= 15 is 0 Å². The molecule has 41 heavy (non-hydrogen) atoms. The zero-order chi connectivity index (χ0) is 29.6. The van der Waals surface area contributed by atoms with E-state index in [0.29, 0.717) is 16.1 Å². The normalized spacial score (nSPS) is 12.2. The minimum Gasteiger partial charge on any atom is -0.352 e. The summed E-state index contributed by atoms with van der Waals surface area (Å²) in [6.45, 7) is 3.33. The fourth-order valence-corrected chi connectivity index (χ4v) is 5.73. The van der Waals surface area contributed by atoms with Crippen LogP contribution in [0.25, 0.3) is 10.8 Å². The second kappa shape index (κ2) is 13.2. The Labute approximate surface area is 246 Å². The lowest BCUT2D eigenvalue weighted by molar-refractivity contribution is -0.140. The number of nitrogens with one attached hydrogen (secondary N) is 1. The molecule has 1 N–H and O–H groups in total. The van der Waals surface area contributed by atoms with Gasteiger partial charge in [0.15, 0.2) is 0 Å². The number of anilines is 1. The highest BCUT2D eigenvalue weighted by Gasteiger charge is 2.33. The third-order valence-electron chi connectivity index (χ3n) is 6.68. The summed E-state index contributed by atoms with van der Waals surface area (Å²) in [6.07, 6.45) is 1.34. The Morgan fingerprint density at radius 2 is 1.46 bits per heavy atom. The van der Waals surface area contributed by atoms with Crippen molar-refractivity contribution in [2.45, 2.75) is 38.9 Å². The van der Waals surface area contributed by atoms with Gasteiger partial charge in [-0.3, -0.25) is 13.9 Å². The number of hydrogen-bond acceptors (Lipinski definition) is 4. The summed E-state index contributed by atoms with van der Waals surface area (Å²) in [7, 11) is -3.87. The molecule has 4 aromatic carbocycles. The monoisotopic (exact) mass is 591 g/mol. The van der Waals surface area contributed by atoms with Gasteiger partial charge in [0.1, 0.15) is 12.6 Å². The number of fused-ring (bicyclic) bond motifs is 1. The summed E-state index contributed by atoms with van der Waals surface area (Å²) in [5.74, 6) is -0.819. The third-order valence-corrected chi connectivity index (χ3v) is 8.06. The zero-order valence-corrected chi connectivity index (χ0v) is 24.9. The van der Waals surface area contributed by atoms with Crippen molar-refractivity contribution < 1.29 is 18.0 Å². The summed E-state index contributed by atoms with van der Waals surface area (Å²) >= 11 is 6.10. The minimum absolute atomic E-state index is 0.0894. The second-order valence-electron chi connectivity index (χ2n) is 10.3. The number of benzene rings is 4. The van der Waals surface area contributed by atoms with E-state index in [1.54, 1.807) is 36.4 Å².